The SMILES string of the molecule is Cc1c(I)ccc2[nH]c(C#N)cc12. The van der Waals surface area contributed by atoms with Crippen molar-refractivity contribution in [2.24, 2.45) is 0 Å². The first-order chi connectivity index (χ1) is 6.22. The average Bonchev–Trinajstić information content (AvgIpc) is 2.55. The number of aromatic amines is 1. The van der Waals surface area contributed by atoms with Crippen LogP contribution in [-0.4, -0.2) is 4.98 Å². The average molecular weight is 282 g/mol. The van der Waals surface area contributed by atoms with Gasteiger partial charge in [-0.3, -0.25) is 0 Å². The molecule has 0 aliphatic rings. The predicted octanol–water partition coefficient (Wildman–Crippen LogP) is 2.95. The van der Waals surface area contributed by atoms with Gasteiger partial charge >= 0.3 is 0 Å². The van der Waals surface area contributed by atoms with Crippen molar-refractivity contribution in [1.29, 1.82) is 5.26 Å². The third-order valence-corrected chi connectivity index (χ3v) is 3.30. The van der Waals surface area contributed by atoms with Crippen LogP contribution in [0.15, 0.2) is 18.2 Å². The predicted molar refractivity (Wildman–Crippen MR) is 60.5 cm³/mol. The molecule has 0 saturated carbocycles. The summed E-state index contributed by atoms with van der Waals surface area (Å²) in [7, 11) is 0. The van der Waals surface area contributed by atoms with Crippen LogP contribution in [0, 0.1) is 21.8 Å². The fourth-order valence-corrected chi connectivity index (χ4v) is 1.85. The van der Waals surface area contributed by atoms with E-state index < -0.39 is 0 Å². The van der Waals surface area contributed by atoms with Crippen LogP contribution in [0.2, 0.25) is 0 Å². The number of hydrogen-bond acceptors (Lipinski definition) is 1. The molecule has 1 aromatic carbocycles. The first kappa shape index (κ1) is 8.57. The van der Waals surface area contributed by atoms with Crippen molar-refractivity contribution in [3.05, 3.63) is 33.0 Å². The topological polar surface area (TPSA) is 39.6 Å². The van der Waals surface area contributed by atoms with E-state index in [0.717, 1.165) is 10.9 Å². The molecule has 13 heavy (non-hydrogen) atoms. The van der Waals surface area contributed by atoms with Gasteiger partial charge in [0.1, 0.15) is 11.8 Å². The lowest BCUT2D eigenvalue weighted by Gasteiger charge is -1.97. The summed E-state index contributed by atoms with van der Waals surface area (Å²) in [6.45, 7) is 2.07. The number of hydrogen-bond donors (Lipinski definition) is 1. The van der Waals surface area contributed by atoms with Gasteiger partial charge in [0.05, 0.1) is 0 Å². The first-order valence-corrected chi connectivity index (χ1v) is 4.98. The number of nitrogens with one attached hydrogen (secondary N) is 1. The van der Waals surface area contributed by atoms with Crippen LogP contribution in [-0.2, 0) is 0 Å². The molecule has 0 atom stereocenters. The minimum absolute atomic E-state index is 0.625. The molecule has 2 nitrogen and oxygen atoms in total. The van der Waals surface area contributed by atoms with Gasteiger partial charge in [-0.25, -0.2) is 0 Å². The van der Waals surface area contributed by atoms with Crippen molar-refractivity contribution < 1.29 is 0 Å². The summed E-state index contributed by atoms with van der Waals surface area (Å²) >= 11 is 2.30. The Kier molecular flexibility index (Phi) is 2.00. The molecule has 0 fully saturated rings. The first-order valence-electron chi connectivity index (χ1n) is 3.90. The number of nitriles is 1. The van der Waals surface area contributed by atoms with E-state index in [1.807, 2.05) is 12.1 Å². The van der Waals surface area contributed by atoms with Crippen molar-refractivity contribution in [3.63, 3.8) is 0 Å². The second-order valence-corrected chi connectivity index (χ2v) is 4.09. The molecule has 3 heteroatoms. The molecule has 0 spiro atoms. The number of halogens is 1. The molecule has 0 aliphatic carbocycles. The van der Waals surface area contributed by atoms with E-state index in [2.05, 4.69) is 46.6 Å². The third-order valence-electron chi connectivity index (χ3n) is 2.13. The van der Waals surface area contributed by atoms with Crippen molar-refractivity contribution in [1.82, 2.24) is 4.98 Å². The molecular weight excluding hydrogens is 275 g/mol. The van der Waals surface area contributed by atoms with E-state index in [0.29, 0.717) is 5.69 Å². The van der Waals surface area contributed by atoms with Crippen molar-refractivity contribution in [2.45, 2.75) is 6.92 Å². The van der Waals surface area contributed by atoms with Crippen LogP contribution in [0.5, 0.6) is 0 Å². The maximum Gasteiger partial charge on any atom is 0.118 e. The van der Waals surface area contributed by atoms with Crippen LogP contribution in [0.3, 0.4) is 0 Å². The van der Waals surface area contributed by atoms with E-state index in [1.165, 1.54) is 9.13 Å². The maximum absolute atomic E-state index is 8.72. The van der Waals surface area contributed by atoms with Gasteiger partial charge in [-0.05, 0) is 53.3 Å². The second-order valence-electron chi connectivity index (χ2n) is 2.93. The summed E-state index contributed by atoms with van der Waals surface area (Å²) in [5.41, 5.74) is 2.89. The van der Waals surface area contributed by atoms with Gasteiger partial charge in [0.2, 0.25) is 0 Å². The Hall–Kier alpha value is -1.02. The third kappa shape index (κ3) is 1.31. The Morgan fingerprint density at radius 3 is 2.92 bits per heavy atom. The number of nitrogens with zero attached hydrogens (tertiary/aromatic N) is 1. The lowest BCUT2D eigenvalue weighted by Crippen LogP contribution is -1.79. The van der Waals surface area contributed by atoms with Crippen LogP contribution < -0.4 is 0 Å². The minimum Gasteiger partial charge on any atom is -0.346 e. The Morgan fingerprint density at radius 2 is 2.23 bits per heavy atom. The molecule has 0 aliphatic heterocycles. The molecule has 0 unspecified atom stereocenters. The Morgan fingerprint density at radius 1 is 1.46 bits per heavy atom. The Labute approximate surface area is 89.7 Å². The van der Waals surface area contributed by atoms with E-state index in [-0.39, 0.29) is 0 Å². The Bertz CT molecular complexity index is 505. The zero-order chi connectivity index (χ0) is 9.42. The molecule has 0 bridgehead atoms. The zero-order valence-corrected chi connectivity index (χ0v) is 9.21. The van der Waals surface area contributed by atoms with Gasteiger partial charge < -0.3 is 4.98 Å². The van der Waals surface area contributed by atoms with Gasteiger partial charge in [0.15, 0.2) is 0 Å². The van der Waals surface area contributed by atoms with Crippen molar-refractivity contribution in [3.8, 4) is 6.07 Å². The smallest absolute Gasteiger partial charge is 0.118 e. The molecule has 0 amide bonds. The summed E-state index contributed by atoms with van der Waals surface area (Å²) in [5.74, 6) is 0. The van der Waals surface area contributed by atoms with Gasteiger partial charge in [0, 0.05) is 14.5 Å². The normalized spacial score (nSPS) is 10.2. The highest BCUT2D eigenvalue weighted by Gasteiger charge is 2.04. The highest BCUT2D eigenvalue weighted by molar-refractivity contribution is 14.1. The lowest BCUT2D eigenvalue weighted by atomic mass is 10.1. The van der Waals surface area contributed by atoms with Gasteiger partial charge in [0.25, 0.3) is 0 Å². The molecule has 1 aromatic heterocycles. The summed E-state index contributed by atoms with van der Waals surface area (Å²) in [6, 6.07) is 8.06. The number of aryl methyl sites for hydroxylation is 1. The van der Waals surface area contributed by atoms with Gasteiger partial charge in [-0.2, -0.15) is 5.26 Å². The van der Waals surface area contributed by atoms with Crippen LogP contribution in [0.1, 0.15) is 11.3 Å². The minimum atomic E-state index is 0.625. The number of benzene rings is 1. The molecule has 1 heterocycles. The monoisotopic (exact) mass is 282 g/mol. The van der Waals surface area contributed by atoms with Crippen LogP contribution in [0.25, 0.3) is 10.9 Å². The highest BCUT2D eigenvalue weighted by Crippen LogP contribution is 2.23. The maximum atomic E-state index is 8.72. The molecule has 2 aromatic rings. The standard InChI is InChI=1S/C10H7IN2/c1-6-8-4-7(5-12)13-10(8)3-2-9(6)11/h2-4,13H,1H3. The molecule has 2 rings (SSSR count). The van der Waals surface area contributed by atoms with E-state index in [9.17, 15) is 0 Å². The fourth-order valence-electron chi connectivity index (χ4n) is 1.38. The molecule has 1 N–H and O–H groups in total. The number of H-pyrrole nitrogens is 1. The molecule has 0 saturated heterocycles. The second kappa shape index (κ2) is 3.04. The summed E-state index contributed by atoms with van der Waals surface area (Å²) in [6.07, 6.45) is 0. The summed E-state index contributed by atoms with van der Waals surface area (Å²) in [4.78, 5) is 3.05. The van der Waals surface area contributed by atoms with Crippen molar-refractivity contribution in [2.75, 3.05) is 0 Å². The Balaban J connectivity index is 2.86. The van der Waals surface area contributed by atoms with E-state index in [1.54, 1.807) is 0 Å². The summed E-state index contributed by atoms with van der Waals surface area (Å²) < 4.78 is 1.23. The number of aromatic nitrogens is 1. The van der Waals surface area contributed by atoms with Crippen LogP contribution in [0.4, 0.5) is 0 Å². The quantitative estimate of drug-likeness (QED) is 0.741. The number of rotatable bonds is 0. The fraction of sp³-hybridized carbons (Fsp3) is 0.100. The zero-order valence-electron chi connectivity index (χ0n) is 7.06. The van der Waals surface area contributed by atoms with Gasteiger partial charge in [-0.1, -0.05) is 0 Å². The van der Waals surface area contributed by atoms with E-state index >= 15 is 0 Å². The highest BCUT2D eigenvalue weighted by atomic mass is 127. The summed E-state index contributed by atoms with van der Waals surface area (Å²) in [5, 5.41) is 9.86. The lowest BCUT2D eigenvalue weighted by molar-refractivity contribution is 1.37. The van der Waals surface area contributed by atoms with Crippen molar-refractivity contribution >= 4 is 33.5 Å². The number of fused-ring (bicyclic) bond motifs is 1. The van der Waals surface area contributed by atoms with E-state index in [4.69, 9.17) is 5.26 Å². The van der Waals surface area contributed by atoms with Crippen LogP contribution >= 0.6 is 22.6 Å². The molecule has 64 valence electrons. The molecule has 0 radical (unpaired) electrons. The molecular formula is C10H7IN2. The largest absolute Gasteiger partial charge is 0.346 e. The van der Waals surface area contributed by atoms with Gasteiger partial charge in [-0.15, -0.1) is 0 Å².